The summed E-state index contributed by atoms with van der Waals surface area (Å²) in [4.78, 5) is 26.0. The van der Waals surface area contributed by atoms with Crippen molar-refractivity contribution in [3.63, 3.8) is 0 Å². The molecule has 1 amide bonds. The molecule has 2 N–H and O–H groups in total. The average molecular weight is 639 g/mol. The lowest BCUT2D eigenvalue weighted by Gasteiger charge is -2.23. The predicted molar refractivity (Wildman–Crippen MR) is 156 cm³/mol. The summed E-state index contributed by atoms with van der Waals surface area (Å²) in [6.07, 6.45) is 0.224. The second-order valence-corrected chi connectivity index (χ2v) is 12.2. The molecule has 0 aliphatic heterocycles. The topological polar surface area (TPSA) is 88.5 Å². The number of halogens is 6. The minimum atomic E-state index is -3.40. The Labute approximate surface area is 259 Å². The zero-order valence-electron chi connectivity index (χ0n) is 24.7. The molecule has 0 unspecified atom stereocenters. The Morgan fingerprint density at radius 2 is 1.85 bits per heavy atom. The van der Waals surface area contributed by atoms with Gasteiger partial charge in [0.2, 0.25) is 5.91 Å². The van der Waals surface area contributed by atoms with Gasteiger partial charge in [-0.1, -0.05) is 19.9 Å². The molecule has 2 aliphatic carbocycles. The molecule has 7 rings (SSSR count). The zero-order valence-corrected chi connectivity index (χ0v) is 24.7. The minimum absolute atomic E-state index is 0.0902. The van der Waals surface area contributed by atoms with Gasteiger partial charge in [-0.05, 0) is 60.6 Å². The number of carbonyl (C=O) groups excluding carboxylic acids is 1. The first-order chi connectivity index (χ1) is 21.9. The highest BCUT2D eigenvalue weighted by atomic mass is 19.3. The highest BCUT2D eigenvalue weighted by Crippen LogP contribution is 2.68. The van der Waals surface area contributed by atoms with Gasteiger partial charge in [0.1, 0.15) is 29.6 Å². The standard InChI is InChI=1S/C33H28F6N6O/c1-15(2)23-4-3-17(13-41-23)20-12-25-24(5-6-40-25)43-29(20)26(9-16-7-18(34)10-19(35)8-16)42-27(46)14-45-31-28(30(44-45)32(36)37)21-11-22(21)33(31,38)39/h3-8,10,12-13,15,21-22,26,32,40H,9,11,14H2,1-2H3,(H,42,46)/t21-,22+,26-/m0/s1. The van der Waals surface area contributed by atoms with E-state index in [1.54, 1.807) is 18.5 Å². The van der Waals surface area contributed by atoms with E-state index in [0.717, 1.165) is 23.9 Å². The predicted octanol–water partition coefficient (Wildman–Crippen LogP) is 7.47. The lowest BCUT2D eigenvalue weighted by atomic mass is 9.95. The number of nitrogens with one attached hydrogen (secondary N) is 2. The van der Waals surface area contributed by atoms with Crippen LogP contribution in [-0.2, 0) is 23.7 Å². The molecule has 5 aromatic rings. The molecule has 4 heterocycles. The Morgan fingerprint density at radius 3 is 2.52 bits per heavy atom. The lowest BCUT2D eigenvalue weighted by Crippen LogP contribution is -2.35. The molecular formula is C33H28F6N6O. The van der Waals surface area contributed by atoms with Gasteiger partial charge in [0, 0.05) is 46.8 Å². The molecular weight excluding hydrogens is 610 g/mol. The number of fused-ring (bicyclic) bond motifs is 4. The average Bonchev–Trinajstić information content (AvgIpc) is 3.40. The summed E-state index contributed by atoms with van der Waals surface area (Å²) in [5.41, 5.74) is 2.24. The van der Waals surface area contributed by atoms with Crippen molar-refractivity contribution in [1.29, 1.82) is 0 Å². The van der Waals surface area contributed by atoms with E-state index in [1.165, 1.54) is 0 Å². The van der Waals surface area contributed by atoms with E-state index in [0.29, 0.717) is 32.5 Å². The van der Waals surface area contributed by atoms with Crippen LogP contribution in [0, 0.1) is 17.6 Å². The molecule has 7 nitrogen and oxygen atoms in total. The van der Waals surface area contributed by atoms with E-state index in [4.69, 9.17) is 4.98 Å². The zero-order chi connectivity index (χ0) is 32.5. The van der Waals surface area contributed by atoms with Crippen LogP contribution in [0.5, 0.6) is 0 Å². The number of hydrogen-bond acceptors (Lipinski definition) is 4. The number of carbonyl (C=O) groups is 1. The lowest BCUT2D eigenvalue weighted by molar-refractivity contribution is -0.123. The number of benzene rings is 1. The van der Waals surface area contributed by atoms with Crippen LogP contribution in [0.3, 0.4) is 0 Å². The smallest absolute Gasteiger partial charge is 0.293 e. The highest BCUT2D eigenvalue weighted by Gasteiger charge is 2.67. The molecule has 2 aliphatic rings. The number of pyridine rings is 2. The van der Waals surface area contributed by atoms with E-state index < -0.39 is 65.7 Å². The normalized spacial score (nSPS) is 18.7. The van der Waals surface area contributed by atoms with Crippen molar-refractivity contribution in [2.24, 2.45) is 5.92 Å². The van der Waals surface area contributed by atoms with Crippen molar-refractivity contribution in [3.05, 3.63) is 100 Å². The molecule has 1 fully saturated rings. The number of aromatic nitrogens is 5. The van der Waals surface area contributed by atoms with Crippen molar-refractivity contribution in [1.82, 2.24) is 30.0 Å². The van der Waals surface area contributed by atoms with Crippen molar-refractivity contribution >= 4 is 16.9 Å². The molecule has 46 heavy (non-hydrogen) atoms. The monoisotopic (exact) mass is 638 g/mol. The summed E-state index contributed by atoms with van der Waals surface area (Å²) < 4.78 is 87.1. The van der Waals surface area contributed by atoms with Crippen molar-refractivity contribution in [2.75, 3.05) is 0 Å². The van der Waals surface area contributed by atoms with Gasteiger partial charge >= 0.3 is 0 Å². The van der Waals surface area contributed by atoms with Crippen LogP contribution in [0.25, 0.3) is 22.2 Å². The van der Waals surface area contributed by atoms with E-state index in [9.17, 15) is 22.4 Å². The Morgan fingerprint density at radius 1 is 1.09 bits per heavy atom. The van der Waals surface area contributed by atoms with Gasteiger partial charge in [0.15, 0.2) is 0 Å². The molecule has 238 valence electrons. The van der Waals surface area contributed by atoms with Gasteiger partial charge in [0.05, 0.1) is 22.8 Å². The van der Waals surface area contributed by atoms with Crippen LogP contribution in [0.15, 0.2) is 54.9 Å². The van der Waals surface area contributed by atoms with Crippen molar-refractivity contribution in [3.8, 4) is 11.1 Å². The van der Waals surface area contributed by atoms with E-state index in [1.807, 2.05) is 32.0 Å². The van der Waals surface area contributed by atoms with Crippen LogP contribution >= 0.6 is 0 Å². The van der Waals surface area contributed by atoms with Gasteiger partial charge in [-0.3, -0.25) is 14.5 Å². The van der Waals surface area contributed by atoms with Gasteiger partial charge in [-0.25, -0.2) is 22.5 Å². The van der Waals surface area contributed by atoms with Crippen molar-refractivity contribution in [2.45, 2.75) is 63.5 Å². The van der Waals surface area contributed by atoms with Crippen LogP contribution < -0.4 is 5.32 Å². The first-order valence-corrected chi connectivity index (χ1v) is 14.9. The molecule has 4 aromatic heterocycles. The maximum absolute atomic E-state index is 15.2. The molecule has 13 heteroatoms. The Bertz CT molecular complexity index is 1950. The van der Waals surface area contributed by atoms with Crippen LogP contribution in [-0.4, -0.2) is 30.6 Å². The summed E-state index contributed by atoms with van der Waals surface area (Å²) in [5.74, 6) is -7.50. The summed E-state index contributed by atoms with van der Waals surface area (Å²) >= 11 is 0. The van der Waals surface area contributed by atoms with Crippen LogP contribution in [0.2, 0.25) is 0 Å². The SMILES string of the molecule is CC(C)c1ccc(-c2cc3[nH]ccc3nc2[C@H](Cc2cc(F)cc(F)c2)NC(=O)Cn2nc(C(F)F)c3c2C(F)(F)[C@@H]2C[C@H]32)cn1. The fourth-order valence-corrected chi connectivity index (χ4v) is 6.53. The molecule has 0 radical (unpaired) electrons. The molecule has 3 atom stereocenters. The fraction of sp³-hybridized carbons (Fsp3) is 0.333. The second-order valence-electron chi connectivity index (χ2n) is 12.2. The summed E-state index contributed by atoms with van der Waals surface area (Å²) in [6, 6.07) is 9.19. The fourth-order valence-electron chi connectivity index (χ4n) is 6.53. The Kier molecular flexibility index (Phi) is 7.17. The van der Waals surface area contributed by atoms with Gasteiger partial charge in [-0.2, -0.15) is 13.9 Å². The molecule has 0 spiro atoms. The molecule has 1 saturated carbocycles. The van der Waals surface area contributed by atoms with Crippen molar-refractivity contribution < 1.29 is 31.1 Å². The number of hydrogen-bond donors (Lipinski definition) is 2. The maximum atomic E-state index is 15.2. The highest BCUT2D eigenvalue weighted by molar-refractivity contribution is 5.83. The van der Waals surface area contributed by atoms with Crippen LogP contribution in [0.1, 0.15) is 78.5 Å². The number of H-pyrrole nitrogens is 1. The van der Waals surface area contributed by atoms with E-state index in [2.05, 4.69) is 20.4 Å². The van der Waals surface area contributed by atoms with E-state index >= 15 is 8.78 Å². The van der Waals surface area contributed by atoms with E-state index in [-0.39, 0.29) is 29.9 Å². The summed E-state index contributed by atoms with van der Waals surface area (Å²) in [5, 5.41) is 6.53. The first-order valence-electron chi connectivity index (χ1n) is 14.9. The number of alkyl halides is 4. The second kappa shape index (κ2) is 11.0. The minimum Gasteiger partial charge on any atom is -0.360 e. The number of amides is 1. The molecule has 1 aromatic carbocycles. The third-order valence-corrected chi connectivity index (χ3v) is 8.74. The largest absolute Gasteiger partial charge is 0.360 e. The van der Waals surface area contributed by atoms with Gasteiger partial charge in [0.25, 0.3) is 12.3 Å². The Hall–Kier alpha value is -4.68. The van der Waals surface area contributed by atoms with Gasteiger partial charge < -0.3 is 10.3 Å². The first kappa shape index (κ1) is 30.0. The Balaban J connectivity index is 1.29. The van der Waals surface area contributed by atoms with Gasteiger partial charge in [-0.15, -0.1) is 0 Å². The molecule has 0 saturated heterocycles. The number of nitrogens with zero attached hydrogens (tertiary/aromatic N) is 4. The number of rotatable bonds is 9. The summed E-state index contributed by atoms with van der Waals surface area (Å²) in [7, 11) is 0. The third kappa shape index (κ3) is 5.21. The summed E-state index contributed by atoms with van der Waals surface area (Å²) in [6.45, 7) is 3.23. The third-order valence-electron chi connectivity index (χ3n) is 8.74. The quantitative estimate of drug-likeness (QED) is 0.164. The number of aromatic amines is 1. The molecule has 0 bridgehead atoms. The van der Waals surface area contributed by atoms with Crippen LogP contribution in [0.4, 0.5) is 26.3 Å². The maximum Gasteiger partial charge on any atom is 0.293 e.